The van der Waals surface area contributed by atoms with Gasteiger partial charge < -0.3 is 5.11 Å². The Morgan fingerprint density at radius 3 is 2.84 bits per heavy atom. The van der Waals surface area contributed by atoms with Crippen molar-refractivity contribution in [2.45, 2.75) is 32.2 Å². The highest BCUT2D eigenvalue weighted by atomic mass is 16.3. The number of aryl methyl sites for hydroxylation is 1. The minimum Gasteiger partial charge on any atom is -0.507 e. The zero-order valence-corrected chi connectivity index (χ0v) is 11.1. The lowest BCUT2D eigenvalue weighted by Gasteiger charge is -2.20. The topological polar surface area (TPSA) is 56.4 Å². The molecule has 1 aromatic rings. The molecule has 0 saturated heterocycles. The van der Waals surface area contributed by atoms with Crippen LogP contribution in [0, 0.1) is 36.0 Å². The predicted octanol–water partition coefficient (Wildman–Crippen LogP) is 3.06. The lowest BCUT2D eigenvalue weighted by molar-refractivity contribution is 0.363. The van der Waals surface area contributed by atoms with Crippen molar-refractivity contribution in [3.8, 4) is 11.8 Å². The smallest absolute Gasteiger partial charge is 0.127 e. The van der Waals surface area contributed by atoms with Crippen molar-refractivity contribution in [2.75, 3.05) is 0 Å². The predicted molar refractivity (Wildman–Crippen MR) is 74.2 cm³/mol. The number of aliphatic imine (C=N–C) groups is 1. The number of phenols is 1. The second-order valence-corrected chi connectivity index (χ2v) is 5.82. The van der Waals surface area contributed by atoms with E-state index in [4.69, 9.17) is 5.26 Å². The molecule has 2 saturated carbocycles. The molecule has 1 N–H and O–H groups in total. The SMILES string of the molecule is Cc1cccc(C=NC2CC3CC2CC3C#N)c1O. The van der Waals surface area contributed by atoms with E-state index in [-0.39, 0.29) is 5.92 Å². The fraction of sp³-hybridized carbons (Fsp3) is 0.500. The van der Waals surface area contributed by atoms with E-state index in [1.54, 1.807) is 6.21 Å². The Morgan fingerprint density at radius 2 is 2.16 bits per heavy atom. The van der Waals surface area contributed by atoms with Gasteiger partial charge in [-0.05, 0) is 49.7 Å². The summed E-state index contributed by atoms with van der Waals surface area (Å²) in [7, 11) is 0. The van der Waals surface area contributed by atoms with Gasteiger partial charge in [-0.1, -0.05) is 12.1 Å². The van der Waals surface area contributed by atoms with Crippen LogP contribution >= 0.6 is 0 Å². The molecule has 19 heavy (non-hydrogen) atoms. The molecule has 0 amide bonds. The van der Waals surface area contributed by atoms with E-state index in [9.17, 15) is 5.11 Å². The summed E-state index contributed by atoms with van der Waals surface area (Å²) in [6.07, 6.45) is 4.99. The number of hydrogen-bond donors (Lipinski definition) is 1. The summed E-state index contributed by atoms with van der Waals surface area (Å²) in [5.74, 6) is 1.69. The van der Waals surface area contributed by atoms with E-state index in [0.717, 1.165) is 30.4 Å². The minimum atomic E-state index is 0.254. The van der Waals surface area contributed by atoms with E-state index in [1.807, 2.05) is 25.1 Å². The standard InChI is InChI=1S/C16H18N2O/c1-10-3-2-4-11(16(10)19)9-18-15-7-12-5-13(15)6-14(12)8-17/h2-4,9,12-15,19H,5-7H2,1H3. The van der Waals surface area contributed by atoms with Gasteiger partial charge in [0.05, 0.1) is 12.1 Å². The Labute approximate surface area is 113 Å². The highest BCUT2D eigenvalue weighted by Gasteiger charge is 2.45. The lowest BCUT2D eigenvalue weighted by Crippen LogP contribution is -2.19. The molecule has 1 aromatic carbocycles. The molecule has 98 valence electrons. The summed E-state index contributed by atoms with van der Waals surface area (Å²) in [6.45, 7) is 1.89. The average molecular weight is 254 g/mol. The van der Waals surface area contributed by atoms with Crippen LogP contribution in [0.15, 0.2) is 23.2 Å². The van der Waals surface area contributed by atoms with Crippen LogP contribution in [0.25, 0.3) is 0 Å². The summed E-state index contributed by atoms with van der Waals surface area (Å²) in [5.41, 5.74) is 1.67. The van der Waals surface area contributed by atoms with Crippen molar-refractivity contribution in [3.63, 3.8) is 0 Å². The number of phenolic OH excluding ortho intramolecular Hbond substituents is 1. The van der Waals surface area contributed by atoms with E-state index in [1.165, 1.54) is 0 Å². The van der Waals surface area contributed by atoms with Crippen LogP contribution in [0.1, 0.15) is 30.4 Å². The molecule has 3 nitrogen and oxygen atoms in total. The van der Waals surface area contributed by atoms with Crippen molar-refractivity contribution in [3.05, 3.63) is 29.3 Å². The Hall–Kier alpha value is -1.82. The third kappa shape index (κ3) is 2.12. The molecule has 0 spiro atoms. The molecule has 4 unspecified atom stereocenters. The highest BCUT2D eigenvalue weighted by molar-refractivity contribution is 5.84. The van der Waals surface area contributed by atoms with Gasteiger partial charge in [-0.15, -0.1) is 0 Å². The quantitative estimate of drug-likeness (QED) is 0.825. The lowest BCUT2D eigenvalue weighted by atomic mass is 9.87. The minimum absolute atomic E-state index is 0.254. The second kappa shape index (κ2) is 4.70. The molecule has 2 bridgehead atoms. The number of benzene rings is 1. The summed E-state index contributed by atoms with van der Waals surface area (Å²) in [4.78, 5) is 4.65. The maximum absolute atomic E-state index is 9.95. The Bertz CT molecular complexity index is 558. The summed E-state index contributed by atoms with van der Waals surface area (Å²) < 4.78 is 0. The first-order valence-corrected chi connectivity index (χ1v) is 6.90. The van der Waals surface area contributed by atoms with Crippen LogP contribution in [0.4, 0.5) is 0 Å². The van der Waals surface area contributed by atoms with E-state index < -0.39 is 0 Å². The van der Waals surface area contributed by atoms with Crippen LogP contribution in [-0.2, 0) is 0 Å². The zero-order chi connectivity index (χ0) is 13.4. The van der Waals surface area contributed by atoms with Gasteiger partial charge in [0.15, 0.2) is 0 Å². The first-order chi connectivity index (χ1) is 9.19. The number of fused-ring (bicyclic) bond motifs is 2. The number of para-hydroxylation sites is 1. The fourth-order valence-electron chi connectivity index (χ4n) is 3.55. The highest BCUT2D eigenvalue weighted by Crippen LogP contribution is 2.49. The third-order valence-electron chi connectivity index (χ3n) is 4.66. The zero-order valence-electron chi connectivity index (χ0n) is 11.1. The molecule has 3 rings (SSSR count). The molecule has 0 aromatic heterocycles. The molecule has 0 radical (unpaired) electrons. The van der Waals surface area contributed by atoms with E-state index in [0.29, 0.717) is 23.6 Å². The van der Waals surface area contributed by atoms with Crippen LogP contribution in [0.3, 0.4) is 0 Å². The Morgan fingerprint density at radius 1 is 1.32 bits per heavy atom. The molecular weight excluding hydrogens is 236 g/mol. The largest absolute Gasteiger partial charge is 0.507 e. The van der Waals surface area contributed by atoms with Crippen molar-refractivity contribution < 1.29 is 5.11 Å². The molecule has 2 aliphatic rings. The fourth-order valence-corrected chi connectivity index (χ4v) is 3.55. The molecule has 3 heteroatoms. The second-order valence-electron chi connectivity index (χ2n) is 5.82. The molecule has 4 atom stereocenters. The third-order valence-corrected chi connectivity index (χ3v) is 4.66. The van der Waals surface area contributed by atoms with Crippen LogP contribution in [0.2, 0.25) is 0 Å². The van der Waals surface area contributed by atoms with Crippen molar-refractivity contribution in [1.82, 2.24) is 0 Å². The van der Waals surface area contributed by atoms with E-state index in [2.05, 4.69) is 11.1 Å². The maximum atomic E-state index is 9.95. The number of hydrogen-bond acceptors (Lipinski definition) is 3. The van der Waals surface area contributed by atoms with Crippen LogP contribution < -0.4 is 0 Å². The molecular formula is C16H18N2O. The number of nitrogens with zero attached hydrogens (tertiary/aromatic N) is 2. The van der Waals surface area contributed by atoms with Crippen molar-refractivity contribution in [1.29, 1.82) is 5.26 Å². The van der Waals surface area contributed by atoms with E-state index >= 15 is 0 Å². The first kappa shape index (κ1) is 12.2. The number of rotatable bonds is 2. The summed E-state index contributed by atoms with van der Waals surface area (Å²) in [5, 5.41) is 19.0. The Kier molecular flexibility index (Phi) is 3.02. The summed E-state index contributed by atoms with van der Waals surface area (Å²) in [6, 6.07) is 8.47. The summed E-state index contributed by atoms with van der Waals surface area (Å²) >= 11 is 0. The maximum Gasteiger partial charge on any atom is 0.127 e. The average Bonchev–Trinajstić information content (AvgIpc) is 2.99. The monoisotopic (exact) mass is 254 g/mol. The van der Waals surface area contributed by atoms with Gasteiger partial charge in [-0.25, -0.2) is 0 Å². The molecule has 2 fully saturated rings. The normalized spacial score (nSPS) is 32.8. The molecule has 0 heterocycles. The molecule has 0 aliphatic heterocycles. The van der Waals surface area contributed by atoms with Gasteiger partial charge >= 0.3 is 0 Å². The molecule has 2 aliphatic carbocycles. The first-order valence-electron chi connectivity index (χ1n) is 6.90. The number of aromatic hydroxyl groups is 1. The van der Waals surface area contributed by atoms with Gasteiger partial charge in [0.2, 0.25) is 0 Å². The van der Waals surface area contributed by atoms with Crippen molar-refractivity contribution in [2.24, 2.45) is 22.7 Å². The van der Waals surface area contributed by atoms with Gasteiger partial charge in [-0.3, -0.25) is 4.99 Å². The number of nitriles is 1. The van der Waals surface area contributed by atoms with Gasteiger partial charge in [-0.2, -0.15) is 5.26 Å². The van der Waals surface area contributed by atoms with Gasteiger partial charge in [0.25, 0.3) is 0 Å². The Balaban J connectivity index is 1.72. The van der Waals surface area contributed by atoms with Crippen LogP contribution in [0.5, 0.6) is 5.75 Å². The van der Waals surface area contributed by atoms with Gasteiger partial charge in [0, 0.05) is 17.7 Å². The van der Waals surface area contributed by atoms with Crippen LogP contribution in [-0.4, -0.2) is 17.4 Å². The van der Waals surface area contributed by atoms with Crippen molar-refractivity contribution >= 4 is 6.21 Å². The van der Waals surface area contributed by atoms with Gasteiger partial charge in [0.1, 0.15) is 5.75 Å².